The quantitative estimate of drug-likeness (QED) is 0.645. The van der Waals surface area contributed by atoms with Crippen LogP contribution in [0.4, 0.5) is 4.39 Å². The number of thiophene rings is 1. The largest absolute Gasteiger partial charge is 0.383 e. The maximum atomic E-state index is 13.4. The molecule has 1 N–H and O–H groups in total. The van der Waals surface area contributed by atoms with Gasteiger partial charge in [-0.1, -0.05) is 0 Å². The Morgan fingerprint density at radius 1 is 1.30 bits per heavy atom. The highest BCUT2D eigenvalue weighted by molar-refractivity contribution is 7.17. The number of nitrogens with zero attached hydrogens (tertiary/aromatic N) is 2. The number of amides is 1. The maximum Gasteiger partial charge on any atom is 0.336 e. The summed E-state index contributed by atoms with van der Waals surface area (Å²) in [7, 11) is 1.52. The number of ether oxygens (including phenoxy) is 1. The van der Waals surface area contributed by atoms with Crippen LogP contribution in [-0.4, -0.2) is 35.3 Å². The molecule has 0 aliphatic rings. The molecule has 3 rings (SSSR count). The molecule has 27 heavy (non-hydrogen) atoms. The Kier molecular flexibility index (Phi) is 5.52. The lowest BCUT2D eigenvalue weighted by atomic mass is 10.2. The Morgan fingerprint density at radius 3 is 2.78 bits per heavy atom. The third-order valence-electron chi connectivity index (χ3n) is 4.08. The molecule has 142 valence electrons. The lowest BCUT2D eigenvalue weighted by Crippen LogP contribution is -2.42. The molecule has 3 aromatic rings. The van der Waals surface area contributed by atoms with E-state index < -0.39 is 17.1 Å². The third kappa shape index (κ3) is 3.69. The first-order chi connectivity index (χ1) is 12.9. The Morgan fingerprint density at radius 2 is 2.07 bits per heavy atom. The molecule has 0 radical (unpaired) electrons. The van der Waals surface area contributed by atoms with Crippen molar-refractivity contribution >= 4 is 27.5 Å². The predicted octanol–water partition coefficient (Wildman–Crippen LogP) is 1.42. The number of halogens is 1. The minimum atomic E-state index is -0.650. The zero-order valence-electron chi connectivity index (χ0n) is 14.8. The molecule has 0 fully saturated rings. The number of aromatic nitrogens is 2. The molecular weight excluding hydrogens is 373 g/mol. The van der Waals surface area contributed by atoms with E-state index in [0.29, 0.717) is 28.9 Å². The Labute approximate surface area is 157 Å². The van der Waals surface area contributed by atoms with Gasteiger partial charge in [-0.2, -0.15) is 0 Å². The highest BCUT2D eigenvalue weighted by atomic mass is 32.1. The second-order valence-corrected chi connectivity index (χ2v) is 6.83. The fraction of sp³-hybridized carbons (Fsp3) is 0.278. The van der Waals surface area contributed by atoms with Gasteiger partial charge in [0.2, 0.25) is 5.91 Å². The van der Waals surface area contributed by atoms with Crippen LogP contribution in [0.2, 0.25) is 0 Å². The summed E-state index contributed by atoms with van der Waals surface area (Å²) in [6.07, 6.45) is 0. The standard InChI is InChI=1S/C18H18FN3O4S/c1-11-9-12(19)3-4-13(11)22-17(24)16-14(5-8-27-16)21(18(22)25)10-15(23)20-6-7-26-2/h3-5,8-9H,6-7,10H2,1-2H3,(H,20,23). The zero-order valence-corrected chi connectivity index (χ0v) is 15.6. The van der Waals surface area contributed by atoms with Gasteiger partial charge in [-0.25, -0.2) is 13.8 Å². The first-order valence-electron chi connectivity index (χ1n) is 8.19. The van der Waals surface area contributed by atoms with Crippen molar-refractivity contribution < 1.29 is 13.9 Å². The topological polar surface area (TPSA) is 82.3 Å². The summed E-state index contributed by atoms with van der Waals surface area (Å²) in [5.74, 6) is -0.831. The summed E-state index contributed by atoms with van der Waals surface area (Å²) in [6, 6.07) is 5.46. The molecule has 0 aliphatic carbocycles. The van der Waals surface area contributed by atoms with Gasteiger partial charge < -0.3 is 10.1 Å². The fourth-order valence-corrected chi connectivity index (χ4v) is 3.64. The number of carbonyl (C=O) groups is 1. The maximum absolute atomic E-state index is 13.4. The molecule has 0 aliphatic heterocycles. The van der Waals surface area contributed by atoms with E-state index in [2.05, 4.69) is 5.32 Å². The van der Waals surface area contributed by atoms with Gasteiger partial charge in [-0.15, -0.1) is 11.3 Å². The minimum Gasteiger partial charge on any atom is -0.383 e. The molecule has 1 amide bonds. The molecule has 0 saturated carbocycles. The van der Waals surface area contributed by atoms with Crippen LogP contribution in [0.1, 0.15) is 5.56 Å². The van der Waals surface area contributed by atoms with E-state index >= 15 is 0 Å². The molecule has 0 saturated heterocycles. The fourth-order valence-electron chi connectivity index (χ4n) is 2.81. The summed E-state index contributed by atoms with van der Waals surface area (Å²) in [5, 5.41) is 4.34. The van der Waals surface area contributed by atoms with Gasteiger partial charge in [-0.3, -0.25) is 14.2 Å². The van der Waals surface area contributed by atoms with Crippen molar-refractivity contribution in [3.05, 3.63) is 61.9 Å². The van der Waals surface area contributed by atoms with Crippen LogP contribution in [0.5, 0.6) is 0 Å². The van der Waals surface area contributed by atoms with Gasteiger partial charge in [0.15, 0.2) is 0 Å². The molecule has 0 spiro atoms. The first-order valence-corrected chi connectivity index (χ1v) is 9.07. The number of fused-ring (bicyclic) bond motifs is 1. The molecule has 2 aromatic heterocycles. The molecule has 0 unspecified atom stereocenters. The Hall–Kier alpha value is -2.78. The monoisotopic (exact) mass is 391 g/mol. The van der Waals surface area contributed by atoms with Gasteiger partial charge in [0.1, 0.15) is 17.1 Å². The molecule has 0 atom stereocenters. The minimum absolute atomic E-state index is 0.240. The van der Waals surface area contributed by atoms with Crippen molar-refractivity contribution in [2.24, 2.45) is 0 Å². The van der Waals surface area contributed by atoms with Gasteiger partial charge in [0, 0.05) is 13.7 Å². The van der Waals surface area contributed by atoms with Crippen molar-refractivity contribution in [1.82, 2.24) is 14.5 Å². The lowest BCUT2D eigenvalue weighted by molar-refractivity contribution is -0.121. The number of methoxy groups -OCH3 is 1. The van der Waals surface area contributed by atoms with E-state index in [4.69, 9.17) is 4.74 Å². The number of nitrogens with one attached hydrogen (secondary N) is 1. The van der Waals surface area contributed by atoms with Gasteiger partial charge in [0.25, 0.3) is 5.56 Å². The number of aryl methyl sites for hydroxylation is 1. The molecular formula is C18H18FN3O4S. The summed E-state index contributed by atoms with van der Waals surface area (Å²) >= 11 is 1.18. The summed E-state index contributed by atoms with van der Waals surface area (Å²) in [4.78, 5) is 38.1. The van der Waals surface area contributed by atoms with Crippen molar-refractivity contribution in [3.8, 4) is 5.69 Å². The van der Waals surface area contributed by atoms with Crippen LogP contribution in [0.25, 0.3) is 15.9 Å². The van der Waals surface area contributed by atoms with Gasteiger partial charge in [0.05, 0.1) is 17.8 Å². The molecule has 0 bridgehead atoms. The van der Waals surface area contributed by atoms with E-state index in [1.165, 1.54) is 41.2 Å². The van der Waals surface area contributed by atoms with Crippen molar-refractivity contribution in [3.63, 3.8) is 0 Å². The van der Waals surface area contributed by atoms with Crippen molar-refractivity contribution in [2.45, 2.75) is 13.5 Å². The number of carbonyl (C=O) groups excluding carboxylic acids is 1. The molecule has 9 heteroatoms. The van der Waals surface area contributed by atoms with Crippen molar-refractivity contribution in [2.75, 3.05) is 20.3 Å². The Bertz CT molecular complexity index is 1120. The normalized spacial score (nSPS) is 11.1. The van der Waals surface area contributed by atoms with E-state index in [9.17, 15) is 18.8 Å². The van der Waals surface area contributed by atoms with Gasteiger partial charge in [-0.05, 0) is 42.1 Å². The van der Waals surface area contributed by atoms with E-state index in [1.807, 2.05) is 0 Å². The third-order valence-corrected chi connectivity index (χ3v) is 4.98. The Balaban J connectivity index is 2.14. The van der Waals surface area contributed by atoms with Crippen LogP contribution >= 0.6 is 11.3 Å². The zero-order chi connectivity index (χ0) is 19.6. The SMILES string of the molecule is COCCNC(=O)Cn1c(=O)n(-c2ccc(F)cc2C)c(=O)c2sccc21. The average Bonchev–Trinajstić information content (AvgIpc) is 3.10. The summed E-state index contributed by atoms with van der Waals surface area (Å²) in [6.45, 7) is 2.04. The number of hydrogen-bond donors (Lipinski definition) is 1. The van der Waals surface area contributed by atoms with Gasteiger partial charge >= 0.3 is 5.69 Å². The van der Waals surface area contributed by atoms with Crippen LogP contribution in [0.15, 0.2) is 39.2 Å². The smallest absolute Gasteiger partial charge is 0.336 e. The van der Waals surface area contributed by atoms with E-state index in [-0.39, 0.29) is 18.1 Å². The number of rotatable bonds is 6. The van der Waals surface area contributed by atoms with E-state index in [0.717, 1.165) is 4.57 Å². The predicted molar refractivity (Wildman–Crippen MR) is 101 cm³/mol. The summed E-state index contributed by atoms with van der Waals surface area (Å²) < 4.78 is 20.9. The van der Waals surface area contributed by atoms with E-state index in [1.54, 1.807) is 18.4 Å². The summed E-state index contributed by atoms with van der Waals surface area (Å²) in [5.41, 5.74) is -0.0115. The highest BCUT2D eigenvalue weighted by Gasteiger charge is 2.18. The van der Waals surface area contributed by atoms with Crippen molar-refractivity contribution in [1.29, 1.82) is 0 Å². The number of benzene rings is 1. The van der Waals surface area contributed by atoms with Crippen LogP contribution < -0.4 is 16.6 Å². The molecule has 1 aromatic carbocycles. The lowest BCUT2D eigenvalue weighted by Gasteiger charge is -2.14. The molecule has 2 heterocycles. The second kappa shape index (κ2) is 7.85. The first kappa shape index (κ1) is 19.0. The molecule has 7 nitrogen and oxygen atoms in total. The van der Waals surface area contributed by atoms with Crippen LogP contribution in [-0.2, 0) is 16.1 Å². The average molecular weight is 391 g/mol. The number of hydrogen-bond acceptors (Lipinski definition) is 5. The van der Waals surface area contributed by atoms with Crippen LogP contribution in [0.3, 0.4) is 0 Å². The van der Waals surface area contributed by atoms with Crippen LogP contribution in [0, 0.1) is 12.7 Å². The highest BCUT2D eigenvalue weighted by Crippen LogP contribution is 2.18. The second-order valence-electron chi connectivity index (χ2n) is 5.92.